The molecule has 5 nitrogen and oxygen atoms in total. The molecule has 0 radical (unpaired) electrons. The van der Waals surface area contributed by atoms with Gasteiger partial charge in [-0.3, -0.25) is 4.79 Å². The highest BCUT2D eigenvalue weighted by atomic mass is 16.5. The molecule has 19 heavy (non-hydrogen) atoms. The van der Waals surface area contributed by atoms with Gasteiger partial charge in [-0.05, 0) is 26.2 Å². The summed E-state index contributed by atoms with van der Waals surface area (Å²) in [5.74, 6) is 0.653. The first-order valence-electron chi connectivity index (χ1n) is 6.98. The second-order valence-corrected chi connectivity index (χ2v) is 5.66. The van der Waals surface area contributed by atoms with Crippen LogP contribution in [0.15, 0.2) is 10.9 Å². The van der Waals surface area contributed by atoms with Crippen LogP contribution in [-0.4, -0.2) is 22.6 Å². The number of aromatic nitrogens is 2. The van der Waals surface area contributed by atoms with Crippen LogP contribution in [0.4, 0.5) is 0 Å². The Bertz CT molecular complexity index is 476. The Morgan fingerprint density at radius 2 is 2.32 bits per heavy atom. The van der Waals surface area contributed by atoms with Crippen molar-refractivity contribution in [2.24, 2.45) is 0 Å². The number of hydrogen-bond donors (Lipinski definition) is 2. The van der Waals surface area contributed by atoms with E-state index in [1.54, 1.807) is 6.07 Å². The number of rotatable bonds is 4. The smallest absolute Gasteiger partial charge is 0.251 e. The predicted molar refractivity (Wildman–Crippen MR) is 74.0 cm³/mol. The van der Waals surface area contributed by atoms with E-state index in [4.69, 9.17) is 4.74 Å². The van der Waals surface area contributed by atoms with E-state index in [1.807, 2.05) is 6.92 Å². The summed E-state index contributed by atoms with van der Waals surface area (Å²) >= 11 is 0. The number of aromatic amines is 1. The zero-order valence-electron chi connectivity index (χ0n) is 12.0. The third kappa shape index (κ3) is 3.64. The van der Waals surface area contributed by atoms with Crippen molar-refractivity contribution < 1.29 is 4.74 Å². The fourth-order valence-electron chi connectivity index (χ4n) is 2.28. The van der Waals surface area contributed by atoms with Gasteiger partial charge in [0.1, 0.15) is 11.4 Å². The predicted octanol–water partition coefficient (Wildman–Crippen LogP) is 1.68. The Balaban J connectivity index is 2.23. The van der Waals surface area contributed by atoms with Gasteiger partial charge in [0.05, 0.1) is 5.69 Å². The van der Waals surface area contributed by atoms with Crippen LogP contribution in [0.3, 0.4) is 0 Å². The Morgan fingerprint density at radius 3 is 2.95 bits per heavy atom. The first-order chi connectivity index (χ1) is 8.99. The normalized spacial score (nSPS) is 23.8. The molecule has 1 unspecified atom stereocenters. The van der Waals surface area contributed by atoms with E-state index >= 15 is 0 Å². The maximum absolute atomic E-state index is 11.8. The Morgan fingerprint density at radius 1 is 1.53 bits per heavy atom. The SMILES string of the molecule is CC(C)NCc1cc(=O)[nH]c(C2(C)CCCCO2)n1. The second kappa shape index (κ2) is 5.84. The van der Waals surface area contributed by atoms with Gasteiger partial charge in [-0.2, -0.15) is 0 Å². The fraction of sp³-hybridized carbons (Fsp3) is 0.714. The maximum Gasteiger partial charge on any atom is 0.251 e. The lowest BCUT2D eigenvalue weighted by atomic mass is 9.95. The maximum atomic E-state index is 11.8. The van der Waals surface area contributed by atoms with Crippen LogP contribution in [0.5, 0.6) is 0 Å². The molecule has 1 atom stereocenters. The quantitative estimate of drug-likeness (QED) is 0.869. The molecule has 1 aliphatic heterocycles. The molecule has 0 aliphatic carbocycles. The molecule has 0 spiro atoms. The van der Waals surface area contributed by atoms with Gasteiger partial charge in [-0.25, -0.2) is 4.98 Å². The Kier molecular flexibility index (Phi) is 4.37. The molecular formula is C14H23N3O2. The minimum atomic E-state index is -0.453. The highest BCUT2D eigenvalue weighted by Crippen LogP contribution is 2.31. The molecule has 1 aliphatic rings. The van der Waals surface area contributed by atoms with Gasteiger partial charge in [0.15, 0.2) is 0 Å². The van der Waals surface area contributed by atoms with Crippen molar-refractivity contribution in [3.05, 3.63) is 27.9 Å². The summed E-state index contributed by atoms with van der Waals surface area (Å²) in [4.78, 5) is 19.1. The van der Waals surface area contributed by atoms with Crippen molar-refractivity contribution in [2.75, 3.05) is 6.61 Å². The summed E-state index contributed by atoms with van der Waals surface area (Å²) in [6.45, 7) is 7.47. The molecule has 2 heterocycles. The molecule has 2 rings (SSSR count). The third-order valence-electron chi connectivity index (χ3n) is 3.46. The van der Waals surface area contributed by atoms with Crippen molar-refractivity contribution in [3.8, 4) is 0 Å². The minimum absolute atomic E-state index is 0.110. The summed E-state index contributed by atoms with van der Waals surface area (Å²) < 4.78 is 5.83. The van der Waals surface area contributed by atoms with Crippen molar-refractivity contribution >= 4 is 0 Å². The topological polar surface area (TPSA) is 67.0 Å². The van der Waals surface area contributed by atoms with E-state index < -0.39 is 5.60 Å². The zero-order chi connectivity index (χ0) is 13.9. The van der Waals surface area contributed by atoms with Gasteiger partial charge in [0, 0.05) is 25.3 Å². The molecular weight excluding hydrogens is 242 g/mol. The van der Waals surface area contributed by atoms with Crippen LogP contribution in [0, 0.1) is 0 Å². The molecule has 0 saturated carbocycles. The zero-order valence-corrected chi connectivity index (χ0v) is 12.0. The monoisotopic (exact) mass is 265 g/mol. The number of nitrogens with zero attached hydrogens (tertiary/aromatic N) is 1. The lowest BCUT2D eigenvalue weighted by molar-refractivity contribution is -0.0763. The van der Waals surface area contributed by atoms with E-state index in [1.165, 1.54) is 0 Å². The number of ether oxygens (including phenoxy) is 1. The van der Waals surface area contributed by atoms with Crippen LogP contribution >= 0.6 is 0 Å². The highest BCUT2D eigenvalue weighted by molar-refractivity contribution is 5.08. The first kappa shape index (κ1) is 14.2. The van der Waals surface area contributed by atoms with Crippen molar-refractivity contribution in [3.63, 3.8) is 0 Å². The van der Waals surface area contributed by atoms with Crippen LogP contribution in [0.1, 0.15) is 51.6 Å². The van der Waals surface area contributed by atoms with Gasteiger partial charge in [0.25, 0.3) is 5.56 Å². The third-order valence-corrected chi connectivity index (χ3v) is 3.46. The molecule has 1 aromatic rings. The van der Waals surface area contributed by atoms with Crippen molar-refractivity contribution in [1.82, 2.24) is 15.3 Å². The average molecular weight is 265 g/mol. The van der Waals surface area contributed by atoms with Crippen LogP contribution in [-0.2, 0) is 16.9 Å². The number of hydrogen-bond acceptors (Lipinski definition) is 4. The van der Waals surface area contributed by atoms with Gasteiger partial charge in [-0.1, -0.05) is 13.8 Å². The van der Waals surface area contributed by atoms with Crippen molar-refractivity contribution in [1.29, 1.82) is 0 Å². The Hall–Kier alpha value is -1.20. The van der Waals surface area contributed by atoms with E-state index in [-0.39, 0.29) is 5.56 Å². The van der Waals surface area contributed by atoms with E-state index in [2.05, 4.69) is 29.1 Å². The van der Waals surface area contributed by atoms with Crippen LogP contribution in [0.2, 0.25) is 0 Å². The molecule has 2 N–H and O–H groups in total. The molecule has 0 bridgehead atoms. The molecule has 0 aromatic carbocycles. The summed E-state index contributed by atoms with van der Waals surface area (Å²) in [5.41, 5.74) is 0.203. The molecule has 5 heteroatoms. The van der Waals surface area contributed by atoms with E-state index in [9.17, 15) is 4.79 Å². The van der Waals surface area contributed by atoms with Crippen molar-refractivity contribution in [2.45, 2.75) is 58.2 Å². The number of nitrogens with one attached hydrogen (secondary N) is 2. The summed E-state index contributed by atoms with van der Waals surface area (Å²) in [6.07, 6.45) is 3.08. The summed E-state index contributed by atoms with van der Waals surface area (Å²) in [6, 6.07) is 1.91. The summed E-state index contributed by atoms with van der Waals surface area (Å²) in [5, 5.41) is 3.28. The highest BCUT2D eigenvalue weighted by Gasteiger charge is 2.32. The summed E-state index contributed by atoms with van der Waals surface area (Å²) in [7, 11) is 0. The second-order valence-electron chi connectivity index (χ2n) is 5.66. The standard InChI is InChI=1S/C14H23N3O2/c1-10(2)15-9-11-8-12(18)17-13(16-11)14(3)6-4-5-7-19-14/h8,10,15H,4-7,9H2,1-3H3,(H,16,17,18). The molecule has 1 aromatic heterocycles. The number of H-pyrrole nitrogens is 1. The van der Waals surface area contributed by atoms with Gasteiger partial charge in [-0.15, -0.1) is 0 Å². The van der Waals surface area contributed by atoms with E-state index in [0.29, 0.717) is 18.4 Å². The van der Waals surface area contributed by atoms with Crippen LogP contribution < -0.4 is 10.9 Å². The van der Waals surface area contributed by atoms with Gasteiger partial charge >= 0.3 is 0 Å². The molecule has 1 fully saturated rings. The van der Waals surface area contributed by atoms with E-state index in [0.717, 1.165) is 31.6 Å². The van der Waals surface area contributed by atoms with Gasteiger partial charge < -0.3 is 15.0 Å². The fourth-order valence-corrected chi connectivity index (χ4v) is 2.28. The molecule has 0 amide bonds. The lowest BCUT2D eigenvalue weighted by Gasteiger charge is -2.32. The first-order valence-corrected chi connectivity index (χ1v) is 6.98. The Labute approximate surface area is 113 Å². The van der Waals surface area contributed by atoms with Crippen LogP contribution in [0.25, 0.3) is 0 Å². The van der Waals surface area contributed by atoms with Gasteiger partial charge in [0.2, 0.25) is 0 Å². The average Bonchev–Trinajstić information content (AvgIpc) is 2.37. The molecule has 1 saturated heterocycles. The minimum Gasteiger partial charge on any atom is -0.367 e. The molecule has 106 valence electrons. The largest absolute Gasteiger partial charge is 0.367 e. The lowest BCUT2D eigenvalue weighted by Crippen LogP contribution is -2.35.